The van der Waals surface area contributed by atoms with Gasteiger partial charge < -0.3 is 19.9 Å². The molecule has 0 amide bonds. The zero-order valence-electron chi connectivity index (χ0n) is 18.0. The molecule has 5 heteroatoms. The highest BCUT2D eigenvalue weighted by atomic mass is 16.5. The van der Waals surface area contributed by atoms with Gasteiger partial charge in [0.05, 0.1) is 7.11 Å². The summed E-state index contributed by atoms with van der Waals surface area (Å²) in [4.78, 5) is 10.1. The molecule has 2 aliphatic heterocycles. The van der Waals surface area contributed by atoms with Crippen LogP contribution in [0.4, 0.5) is 0 Å². The van der Waals surface area contributed by atoms with E-state index in [-0.39, 0.29) is 0 Å². The van der Waals surface area contributed by atoms with Crippen LogP contribution >= 0.6 is 0 Å². The van der Waals surface area contributed by atoms with Crippen molar-refractivity contribution in [1.82, 2.24) is 15.1 Å². The molecule has 0 aromatic heterocycles. The van der Waals surface area contributed by atoms with Crippen LogP contribution in [0.1, 0.15) is 51.0 Å². The van der Waals surface area contributed by atoms with Gasteiger partial charge in [0.1, 0.15) is 5.75 Å². The quantitative estimate of drug-likeness (QED) is 0.548. The fourth-order valence-electron chi connectivity index (χ4n) is 4.39. The summed E-state index contributed by atoms with van der Waals surface area (Å²) in [6, 6.07) is 8.43. The molecule has 0 saturated carbocycles. The van der Waals surface area contributed by atoms with Crippen LogP contribution in [-0.2, 0) is 0 Å². The Morgan fingerprint density at radius 1 is 1.21 bits per heavy atom. The second-order valence-corrected chi connectivity index (χ2v) is 8.31. The summed E-state index contributed by atoms with van der Waals surface area (Å²) in [7, 11) is 1.71. The van der Waals surface area contributed by atoms with Crippen molar-refractivity contribution in [3.05, 3.63) is 29.8 Å². The first-order chi connectivity index (χ1) is 13.7. The number of rotatable bonds is 8. The van der Waals surface area contributed by atoms with Crippen molar-refractivity contribution in [3.8, 4) is 5.75 Å². The molecule has 0 bridgehead atoms. The van der Waals surface area contributed by atoms with E-state index in [1.807, 2.05) is 12.1 Å². The van der Waals surface area contributed by atoms with E-state index in [1.165, 1.54) is 44.5 Å². The van der Waals surface area contributed by atoms with E-state index >= 15 is 0 Å². The fourth-order valence-corrected chi connectivity index (χ4v) is 4.39. The van der Waals surface area contributed by atoms with E-state index in [1.54, 1.807) is 7.11 Å². The summed E-state index contributed by atoms with van der Waals surface area (Å²) in [6.45, 7) is 12.4. The first kappa shape index (κ1) is 21.0. The zero-order valence-corrected chi connectivity index (χ0v) is 18.0. The van der Waals surface area contributed by atoms with Gasteiger partial charge in [-0.05, 0) is 75.2 Å². The van der Waals surface area contributed by atoms with Crippen molar-refractivity contribution in [1.29, 1.82) is 0 Å². The van der Waals surface area contributed by atoms with Crippen LogP contribution < -0.4 is 10.1 Å². The van der Waals surface area contributed by atoms with Crippen LogP contribution in [0.3, 0.4) is 0 Å². The highest BCUT2D eigenvalue weighted by molar-refractivity contribution is 5.80. The minimum absolute atomic E-state index is 0.499. The number of methoxy groups -OCH3 is 1. The van der Waals surface area contributed by atoms with Gasteiger partial charge in [-0.1, -0.05) is 19.1 Å². The molecule has 2 fully saturated rings. The number of aliphatic imine (C=N–C) groups is 1. The molecule has 1 N–H and O–H groups in total. The van der Waals surface area contributed by atoms with Gasteiger partial charge >= 0.3 is 0 Å². The maximum atomic E-state index is 5.26. The summed E-state index contributed by atoms with van der Waals surface area (Å²) in [5.41, 5.74) is 1.35. The number of hydrogen-bond donors (Lipinski definition) is 1. The second kappa shape index (κ2) is 10.7. The van der Waals surface area contributed by atoms with Crippen molar-refractivity contribution in [2.45, 2.75) is 45.4 Å². The van der Waals surface area contributed by atoms with Crippen molar-refractivity contribution in [2.24, 2.45) is 10.9 Å². The van der Waals surface area contributed by atoms with Gasteiger partial charge in [0.2, 0.25) is 0 Å². The van der Waals surface area contributed by atoms with Gasteiger partial charge in [0.15, 0.2) is 5.96 Å². The van der Waals surface area contributed by atoms with E-state index in [0.717, 1.165) is 50.2 Å². The molecule has 1 aromatic carbocycles. The third kappa shape index (κ3) is 5.87. The molecule has 0 aliphatic carbocycles. The maximum absolute atomic E-state index is 5.26. The Kier molecular flexibility index (Phi) is 8.01. The smallest absolute Gasteiger partial charge is 0.193 e. The number of hydrogen-bond acceptors (Lipinski definition) is 3. The van der Waals surface area contributed by atoms with Crippen molar-refractivity contribution < 1.29 is 4.74 Å². The Bertz CT molecular complexity index is 610. The van der Waals surface area contributed by atoms with E-state index in [2.05, 4.69) is 41.1 Å². The molecular weight excluding hydrogens is 348 g/mol. The van der Waals surface area contributed by atoms with Crippen molar-refractivity contribution >= 4 is 5.96 Å². The van der Waals surface area contributed by atoms with E-state index < -0.39 is 0 Å². The average Bonchev–Trinajstić information content (AvgIpc) is 3.40. The molecule has 2 aliphatic rings. The Morgan fingerprint density at radius 3 is 2.64 bits per heavy atom. The molecule has 5 nitrogen and oxygen atoms in total. The Hall–Kier alpha value is -1.75. The van der Waals surface area contributed by atoms with Gasteiger partial charge in [-0.25, -0.2) is 0 Å². The SMILES string of the molecule is CCNC(=NCCC(C)c1ccc(OC)cc1)N1CCC(CN2CCCC2)C1. The van der Waals surface area contributed by atoms with Gasteiger partial charge in [0, 0.05) is 32.7 Å². The summed E-state index contributed by atoms with van der Waals surface area (Å²) in [5, 5.41) is 3.51. The molecule has 2 atom stereocenters. The van der Waals surface area contributed by atoms with Crippen LogP contribution in [0.25, 0.3) is 0 Å². The molecule has 2 unspecified atom stereocenters. The van der Waals surface area contributed by atoms with Crippen molar-refractivity contribution in [2.75, 3.05) is 52.9 Å². The predicted octanol–water partition coefficient (Wildman–Crippen LogP) is 3.57. The first-order valence-corrected chi connectivity index (χ1v) is 11.1. The predicted molar refractivity (Wildman–Crippen MR) is 117 cm³/mol. The van der Waals surface area contributed by atoms with Crippen LogP contribution in [0.5, 0.6) is 5.75 Å². The highest BCUT2D eigenvalue weighted by Crippen LogP contribution is 2.23. The molecule has 2 saturated heterocycles. The van der Waals surface area contributed by atoms with Gasteiger partial charge in [-0.15, -0.1) is 0 Å². The Balaban J connectivity index is 1.49. The lowest BCUT2D eigenvalue weighted by Gasteiger charge is -2.23. The number of ether oxygens (including phenoxy) is 1. The number of likely N-dealkylation sites (tertiary alicyclic amines) is 2. The molecular formula is C23H38N4O. The van der Waals surface area contributed by atoms with Gasteiger partial charge in [0.25, 0.3) is 0 Å². The molecule has 1 aromatic rings. The standard InChI is InChI=1S/C23H38N4O/c1-4-24-23(27-16-12-20(18-27)17-26-14-5-6-15-26)25-13-11-19(2)21-7-9-22(28-3)10-8-21/h7-10,19-20H,4-6,11-18H2,1-3H3,(H,24,25). The first-order valence-electron chi connectivity index (χ1n) is 11.1. The van der Waals surface area contributed by atoms with E-state index in [9.17, 15) is 0 Å². The van der Waals surface area contributed by atoms with Crippen LogP contribution in [0, 0.1) is 5.92 Å². The Labute approximate surface area is 171 Å². The Morgan fingerprint density at radius 2 is 1.96 bits per heavy atom. The van der Waals surface area contributed by atoms with E-state index in [4.69, 9.17) is 9.73 Å². The minimum atomic E-state index is 0.499. The summed E-state index contributed by atoms with van der Waals surface area (Å²) in [6.07, 6.45) is 5.12. The summed E-state index contributed by atoms with van der Waals surface area (Å²) in [5.74, 6) is 3.31. The highest BCUT2D eigenvalue weighted by Gasteiger charge is 2.27. The molecule has 3 rings (SSSR count). The molecule has 156 valence electrons. The largest absolute Gasteiger partial charge is 0.497 e. The molecule has 28 heavy (non-hydrogen) atoms. The second-order valence-electron chi connectivity index (χ2n) is 8.31. The number of benzene rings is 1. The van der Waals surface area contributed by atoms with Crippen LogP contribution in [-0.4, -0.2) is 68.7 Å². The average molecular weight is 387 g/mol. The molecule has 2 heterocycles. The normalized spacial score (nSPS) is 21.9. The lowest BCUT2D eigenvalue weighted by atomic mass is 9.98. The number of nitrogens with one attached hydrogen (secondary N) is 1. The van der Waals surface area contributed by atoms with Gasteiger partial charge in [-0.2, -0.15) is 0 Å². The number of nitrogens with zero attached hydrogens (tertiary/aromatic N) is 3. The monoisotopic (exact) mass is 386 g/mol. The van der Waals surface area contributed by atoms with Crippen molar-refractivity contribution in [3.63, 3.8) is 0 Å². The minimum Gasteiger partial charge on any atom is -0.497 e. The van der Waals surface area contributed by atoms with Crippen LogP contribution in [0.2, 0.25) is 0 Å². The lowest BCUT2D eigenvalue weighted by molar-refractivity contribution is 0.281. The van der Waals surface area contributed by atoms with Gasteiger partial charge in [-0.3, -0.25) is 4.99 Å². The van der Waals surface area contributed by atoms with E-state index in [0.29, 0.717) is 5.92 Å². The number of guanidine groups is 1. The lowest BCUT2D eigenvalue weighted by Crippen LogP contribution is -2.40. The topological polar surface area (TPSA) is 40.1 Å². The third-order valence-electron chi connectivity index (χ3n) is 6.14. The molecule has 0 radical (unpaired) electrons. The van der Waals surface area contributed by atoms with Crippen LogP contribution in [0.15, 0.2) is 29.3 Å². The summed E-state index contributed by atoms with van der Waals surface area (Å²) >= 11 is 0. The maximum Gasteiger partial charge on any atom is 0.193 e. The molecule has 0 spiro atoms. The third-order valence-corrected chi connectivity index (χ3v) is 6.14. The summed E-state index contributed by atoms with van der Waals surface area (Å²) < 4.78 is 5.26. The fraction of sp³-hybridized carbons (Fsp3) is 0.696. The zero-order chi connectivity index (χ0) is 19.8.